The van der Waals surface area contributed by atoms with E-state index in [9.17, 15) is 9.59 Å². The topological polar surface area (TPSA) is 82.1 Å². The first kappa shape index (κ1) is 25.9. The number of carbonyl (C=O) groups is 2. The molecule has 0 amide bonds. The zero-order chi connectivity index (χ0) is 20.1. The Morgan fingerprint density at radius 3 is 1.57 bits per heavy atom. The van der Waals surface area contributed by atoms with E-state index >= 15 is 0 Å². The lowest BCUT2D eigenvalue weighted by molar-refractivity contribution is -0.141. The van der Waals surface area contributed by atoms with E-state index in [-0.39, 0.29) is 32.8 Å². The molecule has 0 radical (unpaired) electrons. The molecule has 0 aliphatic carbocycles. The van der Waals surface area contributed by atoms with Gasteiger partial charge >= 0.3 is 11.9 Å². The predicted molar refractivity (Wildman–Crippen MR) is 115 cm³/mol. The van der Waals surface area contributed by atoms with Gasteiger partial charge in [0, 0.05) is 8.95 Å². The van der Waals surface area contributed by atoms with Crippen LogP contribution in [0.4, 0.5) is 0 Å². The standard InChI is InChI=1S/C10H11BrO3.C9H9BrO3.CH4/c1-13-10(12)6-7-14-9-4-2-8(11)3-5-9;10-7-1-3-8(4-2-7)13-6-5-9(11)12;/h2-5H,6-7H2,1H3;1-4H,5-6H2,(H,11,12);1H4. The largest absolute Gasteiger partial charge is 0.493 e. The summed E-state index contributed by atoms with van der Waals surface area (Å²) in [6.07, 6.45) is 0.294. The van der Waals surface area contributed by atoms with Gasteiger partial charge in [-0.05, 0) is 48.5 Å². The van der Waals surface area contributed by atoms with E-state index < -0.39 is 5.97 Å². The van der Waals surface area contributed by atoms with E-state index in [0.29, 0.717) is 12.4 Å². The van der Waals surface area contributed by atoms with Crippen molar-refractivity contribution in [1.82, 2.24) is 0 Å². The number of rotatable bonds is 8. The number of methoxy groups -OCH3 is 1. The number of halogens is 2. The molecule has 0 heterocycles. The first-order chi connectivity index (χ1) is 12.9. The molecule has 0 aromatic heterocycles. The molecular formula is C20H24Br2O6. The number of carbonyl (C=O) groups excluding carboxylic acids is 1. The Kier molecular flexibility index (Phi) is 13.8. The van der Waals surface area contributed by atoms with Crippen LogP contribution in [-0.2, 0) is 14.3 Å². The van der Waals surface area contributed by atoms with Gasteiger partial charge in [-0.15, -0.1) is 0 Å². The Hall–Kier alpha value is -2.06. The van der Waals surface area contributed by atoms with Crippen molar-refractivity contribution in [2.45, 2.75) is 20.3 Å². The van der Waals surface area contributed by atoms with Crippen LogP contribution in [0.25, 0.3) is 0 Å². The summed E-state index contributed by atoms with van der Waals surface area (Å²) >= 11 is 6.61. The summed E-state index contributed by atoms with van der Waals surface area (Å²) in [6.45, 7) is 0.547. The molecule has 0 spiro atoms. The van der Waals surface area contributed by atoms with Gasteiger partial charge in [0.1, 0.15) is 11.5 Å². The highest BCUT2D eigenvalue weighted by Crippen LogP contribution is 2.16. The number of hydrogen-bond donors (Lipinski definition) is 1. The van der Waals surface area contributed by atoms with E-state index in [1.807, 2.05) is 36.4 Å². The van der Waals surface area contributed by atoms with Gasteiger partial charge in [-0.25, -0.2) is 0 Å². The van der Waals surface area contributed by atoms with Crippen LogP contribution in [0.1, 0.15) is 20.3 Å². The van der Waals surface area contributed by atoms with Crippen molar-refractivity contribution < 1.29 is 28.9 Å². The monoisotopic (exact) mass is 518 g/mol. The van der Waals surface area contributed by atoms with Crippen molar-refractivity contribution in [3.63, 3.8) is 0 Å². The summed E-state index contributed by atoms with van der Waals surface area (Å²) in [5.74, 6) is 0.320. The van der Waals surface area contributed by atoms with E-state index in [1.54, 1.807) is 12.1 Å². The van der Waals surface area contributed by atoms with Crippen LogP contribution in [-0.4, -0.2) is 37.4 Å². The molecule has 2 aromatic carbocycles. The average Bonchev–Trinajstić information content (AvgIpc) is 2.65. The van der Waals surface area contributed by atoms with Crippen molar-refractivity contribution >= 4 is 43.8 Å². The highest BCUT2D eigenvalue weighted by Gasteiger charge is 2.00. The van der Waals surface area contributed by atoms with Crippen molar-refractivity contribution in [2.75, 3.05) is 20.3 Å². The minimum absolute atomic E-state index is 0. The SMILES string of the molecule is C.COC(=O)CCOc1ccc(Br)cc1.O=C(O)CCOc1ccc(Br)cc1. The summed E-state index contributed by atoms with van der Waals surface area (Å²) in [6, 6.07) is 14.7. The van der Waals surface area contributed by atoms with E-state index in [4.69, 9.17) is 14.6 Å². The first-order valence-corrected chi connectivity index (χ1v) is 9.54. The number of carboxylic acids is 1. The molecule has 1 N–H and O–H groups in total. The second-order valence-electron chi connectivity index (χ2n) is 5.07. The lowest BCUT2D eigenvalue weighted by Crippen LogP contribution is -2.07. The molecule has 0 saturated carbocycles. The lowest BCUT2D eigenvalue weighted by atomic mass is 10.3. The van der Waals surface area contributed by atoms with Crippen LogP contribution in [0.15, 0.2) is 57.5 Å². The molecule has 2 aromatic rings. The van der Waals surface area contributed by atoms with Gasteiger partial charge in [0.25, 0.3) is 0 Å². The van der Waals surface area contributed by atoms with Gasteiger partial charge in [0.05, 0.1) is 33.2 Å². The van der Waals surface area contributed by atoms with E-state index in [0.717, 1.165) is 14.7 Å². The van der Waals surface area contributed by atoms with E-state index in [2.05, 4.69) is 36.6 Å². The number of aliphatic carboxylic acids is 1. The van der Waals surface area contributed by atoms with Crippen molar-refractivity contribution in [1.29, 1.82) is 0 Å². The van der Waals surface area contributed by atoms with Gasteiger partial charge in [-0.1, -0.05) is 39.3 Å². The molecular weight excluding hydrogens is 496 g/mol. The smallest absolute Gasteiger partial charge is 0.308 e. The van der Waals surface area contributed by atoms with Gasteiger partial charge < -0.3 is 19.3 Å². The zero-order valence-electron chi connectivity index (χ0n) is 14.7. The molecule has 0 bridgehead atoms. The summed E-state index contributed by atoms with van der Waals surface area (Å²) in [4.78, 5) is 20.9. The fraction of sp³-hybridized carbons (Fsp3) is 0.300. The molecule has 2 rings (SSSR count). The lowest BCUT2D eigenvalue weighted by Gasteiger charge is -2.04. The quantitative estimate of drug-likeness (QED) is 0.474. The number of carboxylic acid groups (broad SMARTS) is 1. The summed E-state index contributed by atoms with van der Waals surface area (Å²) in [5.41, 5.74) is 0. The molecule has 6 nitrogen and oxygen atoms in total. The third kappa shape index (κ3) is 12.3. The van der Waals surface area contributed by atoms with Crippen LogP contribution in [0.2, 0.25) is 0 Å². The van der Waals surface area contributed by atoms with Crippen LogP contribution < -0.4 is 9.47 Å². The second kappa shape index (κ2) is 14.9. The van der Waals surface area contributed by atoms with Crippen LogP contribution in [0, 0.1) is 0 Å². The van der Waals surface area contributed by atoms with Gasteiger partial charge in [-0.3, -0.25) is 9.59 Å². The van der Waals surface area contributed by atoms with Gasteiger partial charge in [0.2, 0.25) is 0 Å². The van der Waals surface area contributed by atoms with Gasteiger partial charge in [-0.2, -0.15) is 0 Å². The second-order valence-corrected chi connectivity index (χ2v) is 6.91. The Balaban J connectivity index is 0.000000504. The third-order valence-electron chi connectivity index (χ3n) is 3.01. The van der Waals surface area contributed by atoms with Crippen molar-refractivity contribution in [2.24, 2.45) is 0 Å². The first-order valence-electron chi connectivity index (χ1n) is 7.96. The average molecular weight is 520 g/mol. The zero-order valence-corrected chi connectivity index (χ0v) is 17.9. The van der Waals surface area contributed by atoms with E-state index in [1.165, 1.54) is 7.11 Å². The molecule has 154 valence electrons. The predicted octanol–water partition coefficient (Wildman–Crippen LogP) is 5.33. The van der Waals surface area contributed by atoms with Gasteiger partial charge in [0.15, 0.2) is 0 Å². The molecule has 0 saturated heterocycles. The minimum Gasteiger partial charge on any atom is -0.493 e. The Morgan fingerprint density at radius 2 is 1.21 bits per heavy atom. The van der Waals surface area contributed by atoms with Crippen molar-refractivity contribution in [3.8, 4) is 11.5 Å². The maximum atomic E-state index is 10.7. The Morgan fingerprint density at radius 1 is 0.821 bits per heavy atom. The number of benzene rings is 2. The molecule has 28 heavy (non-hydrogen) atoms. The molecule has 0 atom stereocenters. The fourth-order valence-corrected chi connectivity index (χ4v) is 2.20. The molecule has 0 aliphatic heterocycles. The maximum Gasteiger partial charge on any atom is 0.308 e. The third-order valence-corrected chi connectivity index (χ3v) is 4.07. The Bertz CT molecular complexity index is 702. The number of hydrogen-bond acceptors (Lipinski definition) is 5. The summed E-state index contributed by atoms with van der Waals surface area (Å²) in [7, 11) is 1.36. The summed E-state index contributed by atoms with van der Waals surface area (Å²) < 4.78 is 16.9. The van der Waals surface area contributed by atoms with Crippen LogP contribution >= 0.6 is 31.9 Å². The number of esters is 1. The van der Waals surface area contributed by atoms with Crippen LogP contribution in [0.5, 0.6) is 11.5 Å². The molecule has 0 aliphatic rings. The van der Waals surface area contributed by atoms with Crippen LogP contribution in [0.3, 0.4) is 0 Å². The normalized spacial score (nSPS) is 9.25. The summed E-state index contributed by atoms with van der Waals surface area (Å²) in [5, 5.41) is 8.35. The highest BCUT2D eigenvalue weighted by atomic mass is 79.9. The van der Waals surface area contributed by atoms with Crippen molar-refractivity contribution in [3.05, 3.63) is 57.5 Å². The molecule has 0 unspecified atom stereocenters. The molecule has 8 heteroatoms. The fourth-order valence-electron chi connectivity index (χ4n) is 1.67. The maximum absolute atomic E-state index is 10.7. The highest BCUT2D eigenvalue weighted by molar-refractivity contribution is 9.10. The molecule has 0 fully saturated rings. The number of ether oxygens (including phenoxy) is 3. The Labute approximate surface area is 182 Å². The minimum atomic E-state index is -0.850.